The number of benzene rings is 4. The van der Waals surface area contributed by atoms with Crippen molar-refractivity contribution in [3.05, 3.63) is 135 Å². The van der Waals surface area contributed by atoms with Gasteiger partial charge in [-0.2, -0.15) is 0 Å². The maximum absolute atomic E-state index is 13.8. The average Bonchev–Trinajstić information content (AvgIpc) is 3.50. The van der Waals surface area contributed by atoms with E-state index in [-0.39, 0.29) is 18.0 Å². The molecule has 40 heavy (non-hydrogen) atoms. The zero-order valence-corrected chi connectivity index (χ0v) is 22.5. The highest BCUT2D eigenvalue weighted by atomic mass is 32.1. The Morgan fingerprint density at radius 1 is 0.850 bits per heavy atom. The molecule has 0 unspecified atom stereocenters. The zero-order valence-electron chi connectivity index (χ0n) is 21.7. The van der Waals surface area contributed by atoms with E-state index in [1.807, 2.05) is 91.9 Å². The van der Waals surface area contributed by atoms with Crippen LogP contribution in [-0.4, -0.2) is 16.0 Å². The molecule has 0 spiro atoms. The fourth-order valence-electron chi connectivity index (χ4n) is 4.55. The van der Waals surface area contributed by atoms with Crippen LogP contribution in [0.4, 0.5) is 4.39 Å². The summed E-state index contributed by atoms with van der Waals surface area (Å²) in [5.74, 6) is 0.860. The summed E-state index contributed by atoms with van der Waals surface area (Å²) in [7, 11) is 0. The molecule has 0 radical (unpaired) electrons. The number of ether oxygens (including phenoxy) is 2. The predicted octanol–water partition coefficient (Wildman–Crippen LogP) is 6.75. The lowest BCUT2D eigenvalue weighted by Crippen LogP contribution is -2.23. The summed E-state index contributed by atoms with van der Waals surface area (Å²) >= 11 is 1.36. The van der Waals surface area contributed by atoms with Crippen LogP contribution in [0.3, 0.4) is 0 Å². The molecule has 0 aliphatic heterocycles. The summed E-state index contributed by atoms with van der Waals surface area (Å²) in [6, 6.07) is 31.5. The molecule has 0 saturated carbocycles. The molecule has 5 nitrogen and oxygen atoms in total. The van der Waals surface area contributed by atoms with Crippen molar-refractivity contribution in [3.8, 4) is 34.0 Å². The van der Waals surface area contributed by atoms with Gasteiger partial charge in [-0.05, 0) is 48.4 Å². The van der Waals surface area contributed by atoms with Gasteiger partial charge in [-0.15, -0.1) is 0 Å². The molecule has 4 aromatic carbocycles. The van der Waals surface area contributed by atoms with Crippen LogP contribution >= 0.6 is 11.3 Å². The lowest BCUT2D eigenvalue weighted by molar-refractivity contribution is 0.269. The summed E-state index contributed by atoms with van der Waals surface area (Å²) in [6.45, 7) is 2.64. The monoisotopic (exact) mass is 548 g/mol. The molecule has 2 heterocycles. The van der Waals surface area contributed by atoms with Crippen molar-refractivity contribution >= 4 is 22.4 Å². The standard InChI is InChI=1S/C33H25FN2O3S/c1-2-38-28-19-23(15-18-27(28)39-21-22-13-16-26(34)17-14-22)20-29-32(37)36-31(25-11-7-4-8-12-25)30(35-33(36)40-29)24-9-5-3-6-10-24/h3-20H,2,21H2,1H3/b29-20-. The SMILES string of the molecule is CCOc1cc(/C=c2\sc3nc(-c4ccccc4)c(-c4ccccc4)n3c2=O)ccc1OCc1ccc(F)cc1. The van der Waals surface area contributed by atoms with Crippen molar-refractivity contribution in [2.45, 2.75) is 13.5 Å². The molecule has 0 bridgehead atoms. The van der Waals surface area contributed by atoms with Gasteiger partial charge in [0.05, 0.1) is 22.5 Å². The lowest BCUT2D eigenvalue weighted by Gasteiger charge is -2.12. The van der Waals surface area contributed by atoms with Crippen LogP contribution in [-0.2, 0) is 6.61 Å². The molecule has 0 N–H and O–H groups in total. The molecular weight excluding hydrogens is 523 g/mol. The van der Waals surface area contributed by atoms with Crippen molar-refractivity contribution in [3.63, 3.8) is 0 Å². The number of fused-ring (bicyclic) bond motifs is 1. The van der Waals surface area contributed by atoms with Crippen LogP contribution in [0.1, 0.15) is 18.1 Å². The maximum Gasteiger partial charge on any atom is 0.274 e. The Morgan fingerprint density at radius 3 is 2.25 bits per heavy atom. The topological polar surface area (TPSA) is 52.8 Å². The van der Waals surface area contributed by atoms with Gasteiger partial charge in [0, 0.05) is 11.1 Å². The van der Waals surface area contributed by atoms with Gasteiger partial charge >= 0.3 is 0 Å². The molecule has 0 saturated heterocycles. The van der Waals surface area contributed by atoms with E-state index < -0.39 is 0 Å². The van der Waals surface area contributed by atoms with E-state index in [2.05, 4.69) is 0 Å². The number of nitrogens with zero attached hydrogens (tertiary/aromatic N) is 2. The fourth-order valence-corrected chi connectivity index (χ4v) is 5.53. The summed E-state index contributed by atoms with van der Waals surface area (Å²) < 4.78 is 27.3. The Kier molecular flexibility index (Phi) is 7.12. The number of rotatable bonds is 8. The molecule has 6 aromatic rings. The van der Waals surface area contributed by atoms with E-state index in [1.165, 1.54) is 23.5 Å². The minimum Gasteiger partial charge on any atom is -0.490 e. The second kappa shape index (κ2) is 11.2. The highest BCUT2D eigenvalue weighted by molar-refractivity contribution is 7.15. The molecule has 0 amide bonds. The minimum absolute atomic E-state index is 0.122. The normalized spacial score (nSPS) is 11.7. The number of halogens is 1. The summed E-state index contributed by atoms with van der Waals surface area (Å²) in [5.41, 5.74) is 4.98. The van der Waals surface area contributed by atoms with Crippen molar-refractivity contribution in [2.75, 3.05) is 6.61 Å². The lowest BCUT2D eigenvalue weighted by atomic mass is 10.1. The van der Waals surface area contributed by atoms with Crippen LogP contribution in [0, 0.1) is 5.82 Å². The van der Waals surface area contributed by atoms with E-state index >= 15 is 0 Å². The largest absolute Gasteiger partial charge is 0.490 e. The molecule has 7 heteroatoms. The Labute approximate surface area is 234 Å². The first-order valence-electron chi connectivity index (χ1n) is 12.9. The molecule has 0 atom stereocenters. The molecule has 0 fully saturated rings. The van der Waals surface area contributed by atoms with Gasteiger partial charge < -0.3 is 9.47 Å². The van der Waals surface area contributed by atoms with Crippen molar-refractivity contribution < 1.29 is 13.9 Å². The van der Waals surface area contributed by atoms with Gasteiger partial charge in [0.25, 0.3) is 5.56 Å². The van der Waals surface area contributed by atoms with Gasteiger partial charge in [-0.1, -0.05) is 90.2 Å². The van der Waals surface area contributed by atoms with E-state index in [1.54, 1.807) is 16.5 Å². The number of imidazole rings is 1. The van der Waals surface area contributed by atoms with E-state index in [0.29, 0.717) is 27.6 Å². The first-order chi connectivity index (χ1) is 19.6. The summed E-state index contributed by atoms with van der Waals surface area (Å²) in [5, 5.41) is 0. The van der Waals surface area contributed by atoms with Crippen molar-refractivity contribution in [1.82, 2.24) is 9.38 Å². The highest BCUT2D eigenvalue weighted by Crippen LogP contribution is 2.33. The van der Waals surface area contributed by atoms with E-state index in [4.69, 9.17) is 14.5 Å². The summed E-state index contributed by atoms with van der Waals surface area (Å²) in [6.07, 6.45) is 1.85. The van der Waals surface area contributed by atoms with E-state index in [0.717, 1.165) is 33.6 Å². The quantitative estimate of drug-likeness (QED) is 0.211. The second-order valence-corrected chi connectivity index (χ2v) is 10.1. The number of thiazole rings is 1. The van der Waals surface area contributed by atoms with Crippen LogP contribution in [0.25, 0.3) is 33.6 Å². The van der Waals surface area contributed by atoms with E-state index in [9.17, 15) is 9.18 Å². The smallest absolute Gasteiger partial charge is 0.274 e. The third-order valence-corrected chi connectivity index (χ3v) is 7.40. The third kappa shape index (κ3) is 5.11. The third-order valence-electron chi connectivity index (χ3n) is 6.43. The van der Waals surface area contributed by atoms with Gasteiger partial charge in [0.15, 0.2) is 16.5 Å². The van der Waals surface area contributed by atoms with Crippen LogP contribution in [0.2, 0.25) is 0 Å². The predicted molar refractivity (Wildman–Crippen MR) is 157 cm³/mol. The van der Waals surface area contributed by atoms with Crippen LogP contribution in [0.15, 0.2) is 108 Å². The average molecular weight is 549 g/mol. The van der Waals surface area contributed by atoms with Gasteiger partial charge in [0.1, 0.15) is 12.4 Å². The van der Waals surface area contributed by atoms with Crippen LogP contribution in [0.5, 0.6) is 11.5 Å². The number of hydrogen-bond donors (Lipinski definition) is 0. The Morgan fingerprint density at radius 2 is 1.55 bits per heavy atom. The highest BCUT2D eigenvalue weighted by Gasteiger charge is 2.20. The van der Waals surface area contributed by atoms with Gasteiger partial charge in [0.2, 0.25) is 0 Å². The van der Waals surface area contributed by atoms with Gasteiger partial charge in [-0.25, -0.2) is 13.8 Å². The number of hydrogen-bond acceptors (Lipinski definition) is 5. The molecule has 198 valence electrons. The number of aromatic nitrogens is 2. The maximum atomic E-state index is 13.8. The molecule has 6 rings (SSSR count). The van der Waals surface area contributed by atoms with Gasteiger partial charge in [-0.3, -0.25) is 4.79 Å². The first-order valence-corrected chi connectivity index (χ1v) is 13.7. The molecule has 2 aromatic heterocycles. The fraction of sp³-hybridized carbons (Fsp3) is 0.0909. The minimum atomic E-state index is -0.287. The second-order valence-electron chi connectivity index (χ2n) is 9.13. The Bertz CT molecular complexity index is 1880. The summed E-state index contributed by atoms with van der Waals surface area (Å²) in [4.78, 5) is 19.3. The zero-order chi connectivity index (χ0) is 27.5. The molecule has 0 aliphatic rings. The molecule has 0 aliphatic carbocycles. The molecular formula is C33H25FN2O3S. The van der Waals surface area contributed by atoms with Crippen molar-refractivity contribution in [2.24, 2.45) is 0 Å². The first kappa shape index (κ1) is 25.5. The Balaban J connectivity index is 1.40. The van der Waals surface area contributed by atoms with Crippen LogP contribution < -0.4 is 19.6 Å². The van der Waals surface area contributed by atoms with Crippen molar-refractivity contribution in [1.29, 1.82) is 0 Å². The Hall–Kier alpha value is -4.75.